The van der Waals surface area contributed by atoms with E-state index in [9.17, 15) is 0 Å². The highest BCUT2D eigenvalue weighted by Crippen LogP contribution is 2.41. The van der Waals surface area contributed by atoms with E-state index in [4.69, 9.17) is 0 Å². The molecule has 1 saturated heterocycles. The maximum atomic E-state index is 3.91. The molecule has 0 bridgehead atoms. The van der Waals surface area contributed by atoms with Gasteiger partial charge in [-0.25, -0.2) is 0 Å². The van der Waals surface area contributed by atoms with E-state index in [2.05, 4.69) is 44.8 Å². The molecule has 20 heavy (non-hydrogen) atoms. The standard InChI is InChI=1S/C18H36N2/c1-6-7-15(4)12-20-13-18(5,16-8-9-16)19-11-17(20)10-14(2)3/h14-17,19H,6-13H2,1-5H3. The fourth-order valence-corrected chi connectivity index (χ4v) is 4.06. The Balaban J connectivity index is 1.98. The van der Waals surface area contributed by atoms with Gasteiger partial charge in [0.25, 0.3) is 0 Å². The van der Waals surface area contributed by atoms with E-state index in [0.29, 0.717) is 5.54 Å². The van der Waals surface area contributed by atoms with Crippen LogP contribution < -0.4 is 5.32 Å². The first-order chi connectivity index (χ1) is 9.44. The lowest BCUT2D eigenvalue weighted by atomic mass is 9.88. The van der Waals surface area contributed by atoms with E-state index in [1.54, 1.807) is 0 Å². The minimum atomic E-state index is 0.388. The molecule has 1 saturated carbocycles. The Hall–Kier alpha value is -0.0800. The van der Waals surface area contributed by atoms with Crippen LogP contribution in [0.4, 0.5) is 0 Å². The summed E-state index contributed by atoms with van der Waals surface area (Å²) in [6.45, 7) is 15.7. The van der Waals surface area contributed by atoms with Crippen molar-refractivity contribution >= 4 is 0 Å². The van der Waals surface area contributed by atoms with Crippen molar-refractivity contribution in [2.24, 2.45) is 17.8 Å². The smallest absolute Gasteiger partial charge is 0.0309 e. The summed E-state index contributed by atoms with van der Waals surface area (Å²) in [4.78, 5) is 2.83. The van der Waals surface area contributed by atoms with Gasteiger partial charge in [-0.15, -0.1) is 0 Å². The highest BCUT2D eigenvalue weighted by atomic mass is 15.3. The fraction of sp³-hybridized carbons (Fsp3) is 1.00. The van der Waals surface area contributed by atoms with Gasteiger partial charge < -0.3 is 5.32 Å². The lowest BCUT2D eigenvalue weighted by Gasteiger charge is -2.48. The molecule has 0 aromatic heterocycles. The lowest BCUT2D eigenvalue weighted by Crippen LogP contribution is -2.64. The van der Waals surface area contributed by atoms with Crippen molar-refractivity contribution in [1.29, 1.82) is 0 Å². The second-order valence-corrected chi connectivity index (χ2v) is 8.18. The summed E-state index contributed by atoms with van der Waals surface area (Å²) in [5.41, 5.74) is 0.388. The van der Waals surface area contributed by atoms with Crippen LogP contribution >= 0.6 is 0 Å². The molecular formula is C18H36N2. The molecule has 2 fully saturated rings. The van der Waals surface area contributed by atoms with Crippen LogP contribution in [0.3, 0.4) is 0 Å². The molecule has 118 valence electrons. The molecule has 3 unspecified atom stereocenters. The SMILES string of the molecule is CCCC(C)CN1CC(C)(C2CC2)NCC1CC(C)C. The summed E-state index contributed by atoms with van der Waals surface area (Å²) < 4.78 is 0. The largest absolute Gasteiger partial charge is 0.308 e. The summed E-state index contributed by atoms with van der Waals surface area (Å²) in [5.74, 6) is 2.58. The molecular weight excluding hydrogens is 244 g/mol. The fourth-order valence-electron chi connectivity index (χ4n) is 4.06. The molecule has 0 aromatic carbocycles. The molecule has 1 N–H and O–H groups in total. The van der Waals surface area contributed by atoms with Crippen LogP contribution in [0.2, 0.25) is 0 Å². The maximum Gasteiger partial charge on any atom is 0.0309 e. The molecule has 1 aliphatic heterocycles. The van der Waals surface area contributed by atoms with E-state index in [0.717, 1.165) is 23.8 Å². The summed E-state index contributed by atoms with van der Waals surface area (Å²) >= 11 is 0. The summed E-state index contributed by atoms with van der Waals surface area (Å²) in [5, 5.41) is 3.91. The Labute approximate surface area is 126 Å². The Morgan fingerprint density at radius 1 is 1.25 bits per heavy atom. The lowest BCUT2D eigenvalue weighted by molar-refractivity contribution is 0.0523. The third-order valence-corrected chi connectivity index (χ3v) is 5.34. The van der Waals surface area contributed by atoms with Crippen LogP contribution in [-0.4, -0.2) is 36.1 Å². The van der Waals surface area contributed by atoms with Crippen molar-refractivity contribution in [1.82, 2.24) is 10.2 Å². The predicted molar refractivity (Wildman–Crippen MR) is 88.0 cm³/mol. The van der Waals surface area contributed by atoms with E-state index in [1.165, 1.54) is 51.7 Å². The summed E-state index contributed by atoms with van der Waals surface area (Å²) in [6, 6.07) is 0.751. The van der Waals surface area contributed by atoms with E-state index in [-0.39, 0.29) is 0 Å². The predicted octanol–water partition coefficient (Wildman–Crippen LogP) is 3.91. The quantitative estimate of drug-likeness (QED) is 0.760. The van der Waals surface area contributed by atoms with Gasteiger partial charge in [0.2, 0.25) is 0 Å². The van der Waals surface area contributed by atoms with Gasteiger partial charge in [0.15, 0.2) is 0 Å². The number of hydrogen-bond acceptors (Lipinski definition) is 2. The normalized spacial score (nSPS) is 33.6. The molecule has 2 heteroatoms. The van der Waals surface area contributed by atoms with Crippen molar-refractivity contribution < 1.29 is 0 Å². The van der Waals surface area contributed by atoms with Crippen LogP contribution in [0.15, 0.2) is 0 Å². The molecule has 2 rings (SSSR count). The van der Waals surface area contributed by atoms with Crippen molar-refractivity contribution in [2.45, 2.75) is 78.3 Å². The van der Waals surface area contributed by atoms with Gasteiger partial charge >= 0.3 is 0 Å². The molecule has 0 aromatic rings. The van der Waals surface area contributed by atoms with Crippen molar-refractivity contribution in [3.63, 3.8) is 0 Å². The average Bonchev–Trinajstić information content (AvgIpc) is 3.17. The molecule has 0 spiro atoms. The van der Waals surface area contributed by atoms with Crippen molar-refractivity contribution in [3.05, 3.63) is 0 Å². The molecule has 1 heterocycles. The van der Waals surface area contributed by atoms with E-state index >= 15 is 0 Å². The molecule has 0 radical (unpaired) electrons. The number of nitrogens with one attached hydrogen (secondary N) is 1. The Kier molecular flexibility index (Phi) is 5.53. The first kappa shape index (κ1) is 16.3. The van der Waals surface area contributed by atoms with Gasteiger partial charge in [-0.05, 0) is 50.4 Å². The minimum absolute atomic E-state index is 0.388. The Morgan fingerprint density at radius 3 is 2.50 bits per heavy atom. The first-order valence-corrected chi connectivity index (χ1v) is 8.93. The van der Waals surface area contributed by atoms with E-state index < -0.39 is 0 Å². The number of piperazine rings is 1. The zero-order valence-electron chi connectivity index (χ0n) is 14.4. The number of hydrogen-bond donors (Lipinski definition) is 1. The van der Waals surface area contributed by atoms with Crippen LogP contribution in [0.25, 0.3) is 0 Å². The van der Waals surface area contributed by atoms with E-state index in [1.807, 2.05) is 0 Å². The third-order valence-electron chi connectivity index (χ3n) is 5.34. The topological polar surface area (TPSA) is 15.3 Å². The summed E-state index contributed by atoms with van der Waals surface area (Å²) in [7, 11) is 0. The highest BCUT2D eigenvalue weighted by molar-refractivity contribution is 5.04. The number of rotatable bonds is 7. The molecule has 1 aliphatic carbocycles. The Bertz CT molecular complexity index is 298. The summed E-state index contributed by atoms with van der Waals surface area (Å²) in [6.07, 6.45) is 6.92. The van der Waals surface area contributed by atoms with Gasteiger partial charge in [-0.2, -0.15) is 0 Å². The van der Waals surface area contributed by atoms with Gasteiger partial charge in [-0.3, -0.25) is 4.90 Å². The molecule has 2 nitrogen and oxygen atoms in total. The van der Waals surface area contributed by atoms with Crippen LogP contribution in [0.5, 0.6) is 0 Å². The van der Waals surface area contributed by atoms with Crippen LogP contribution in [0, 0.1) is 17.8 Å². The van der Waals surface area contributed by atoms with Gasteiger partial charge in [-0.1, -0.05) is 34.1 Å². The van der Waals surface area contributed by atoms with Crippen molar-refractivity contribution in [3.8, 4) is 0 Å². The molecule has 3 atom stereocenters. The second kappa shape index (κ2) is 6.79. The van der Waals surface area contributed by atoms with Crippen LogP contribution in [0.1, 0.15) is 66.7 Å². The monoisotopic (exact) mass is 280 g/mol. The van der Waals surface area contributed by atoms with Gasteiger partial charge in [0.1, 0.15) is 0 Å². The minimum Gasteiger partial charge on any atom is -0.308 e. The maximum absolute atomic E-state index is 3.91. The molecule has 0 amide bonds. The number of nitrogens with zero attached hydrogens (tertiary/aromatic N) is 1. The van der Waals surface area contributed by atoms with Crippen LogP contribution in [-0.2, 0) is 0 Å². The zero-order chi connectivity index (χ0) is 14.8. The van der Waals surface area contributed by atoms with Gasteiger partial charge in [0, 0.05) is 31.2 Å². The Morgan fingerprint density at radius 2 is 1.95 bits per heavy atom. The zero-order valence-corrected chi connectivity index (χ0v) is 14.4. The second-order valence-electron chi connectivity index (χ2n) is 8.18. The van der Waals surface area contributed by atoms with Gasteiger partial charge in [0.05, 0.1) is 0 Å². The van der Waals surface area contributed by atoms with Crippen molar-refractivity contribution in [2.75, 3.05) is 19.6 Å². The molecule has 2 aliphatic rings. The first-order valence-electron chi connectivity index (χ1n) is 8.93. The average molecular weight is 280 g/mol. The third kappa shape index (κ3) is 4.21. The highest BCUT2D eigenvalue weighted by Gasteiger charge is 2.45.